The van der Waals surface area contributed by atoms with Crippen molar-refractivity contribution in [1.82, 2.24) is 5.32 Å². The van der Waals surface area contributed by atoms with Crippen LogP contribution in [0.5, 0.6) is 5.75 Å². The standard InChI is InChI=1S/C25H19BrN2O4/c1-16(18-5-3-2-4-6-18)32-21-13-7-17(8-14-21)15-22-23(29)27-25(31)28(24(22)30)20-11-9-19(26)10-12-20/h2-16H,1H3,(H,27,29,31)/b22-15-/t16-/m0/s1. The van der Waals surface area contributed by atoms with Gasteiger partial charge in [0.15, 0.2) is 0 Å². The minimum Gasteiger partial charge on any atom is -0.486 e. The molecule has 4 amide bonds. The maximum atomic E-state index is 12.9. The molecule has 1 N–H and O–H groups in total. The van der Waals surface area contributed by atoms with E-state index < -0.39 is 17.8 Å². The number of ether oxygens (including phenoxy) is 1. The van der Waals surface area contributed by atoms with Gasteiger partial charge >= 0.3 is 6.03 Å². The first-order chi connectivity index (χ1) is 15.4. The molecule has 0 bridgehead atoms. The van der Waals surface area contributed by atoms with E-state index in [4.69, 9.17) is 4.74 Å². The molecular weight excluding hydrogens is 472 g/mol. The van der Waals surface area contributed by atoms with Gasteiger partial charge in [0, 0.05) is 4.47 Å². The summed E-state index contributed by atoms with van der Waals surface area (Å²) in [6, 6.07) is 22.8. The van der Waals surface area contributed by atoms with Gasteiger partial charge in [-0.05, 0) is 60.5 Å². The number of barbiturate groups is 1. The maximum Gasteiger partial charge on any atom is 0.335 e. The lowest BCUT2D eigenvalue weighted by atomic mass is 10.1. The molecule has 6 nitrogen and oxygen atoms in total. The fraction of sp³-hybridized carbons (Fsp3) is 0.0800. The number of urea groups is 1. The summed E-state index contributed by atoms with van der Waals surface area (Å²) in [5.41, 5.74) is 1.93. The van der Waals surface area contributed by atoms with Crippen molar-refractivity contribution in [2.75, 3.05) is 4.90 Å². The summed E-state index contributed by atoms with van der Waals surface area (Å²) in [5, 5.41) is 2.22. The molecule has 1 aliphatic heterocycles. The number of nitrogens with one attached hydrogen (secondary N) is 1. The minimum atomic E-state index is -0.780. The van der Waals surface area contributed by atoms with Crippen LogP contribution in [-0.4, -0.2) is 17.8 Å². The molecule has 32 heavy (non-hydrogen) atoms. The van der Waals surface area contributed by atoms with Crippen LogP contribution in [0.2, 0.25) is 0 Å². The van der Waals surface area contributed by atoms with Gasteiger partial charge in [0.2, 0.25) is 0 Å². The fourth-order valence-corrected chi connectivity index (χ4v) is 3.55. The largest absolute Gasteiger partial charge is 0.486 e. The van der Waals surface area contributed by atoms with Gasteiger partial charge in [0.25, 0.3) is 11.8 Å². The van der Waals surface area contributed by atoms with Crippen molar-refractivity contribution < 1.29 is 19.1 Å². The molecule has 3 aromatic rings. The highest BCUT2D eigenvalue weighted by molar-refractivity contribution is 9.10. The number of anilines is 1. The van der Waals surface area contributed by atoms with Gasteiger partial charge in [-0.1, -0.05) is 58.4 Å². The molecule has 1 aliphatic rings. The minimum absolute atomic E-state index is 0.126. The molecule has 0 radical (unpaired) electrons. The summed E-state index contributed by atoms with van der Waals surface area (Å²) in [6.45, 7) is 1.96. The Hall–Kier alpha value is -3.71. The molecule has 1 saturated heterocycles. The molecule has 3 aromatic carbocycles. The van der Waals surface area contributed by atoms with Crippen molar-refractivity contribution in [2.24, 2.45) is 0 Å². The molecule has 0 aromatic heterocycles. The van der Waals surface area contributed by atoms with Crippen LogP contribution in [0.4, 0.5) is 10.5 Å². The smallest absolute Gasteiger partial charge is 0.335 e. The van der Waals surface area contributed by atoms with Crippen LogP contribution in [0.3, 0.4) is 0 Å². The van der Waals surface area contributed by atoms with Crippen molar-refractivity contribution in [3.63, 3.8) is 0 Å². The maximum absolute atomic E-state index is 12.9. The number of hydrogen-bond acceptors (Lipinski definition) is 4. The van der Waals surface area contributed by atoms with E-state index in [2.05, 4.69) is 21.2 Å². The van der Waals surface area contributed by atoms with E-state index in [0.717, 1.165) is 14.9 Å². The van der Waals surface area contributed by atoms with Crippen LogP contribution in [0.25, 0.3) is 6.08 Å². The molecule has 160 valence electrons. The molecule has 1 fully saturated rings. The third-order valence-electron chi connectivity index (χ3n) is 4.96. The second kappa shape index (κ2) is 9.20. The predicted molar refractivity (Wildman–Crippen MR) is 125 cm³/mol. The van der Waals surface area contributed by atoms with E-state index in [1.807, 2.05) is 37.3 Å². The van der Waals surface area contributed by atoms with Crippen LogP contribution in [0.15, 0.2) is 88.9 Å². The van der Waals surface area contributed by atoms with Crippen molar-refractivity contribution >= 4 is 45.5 Å². The summed E-state index contributed by atoms with van der Waals surface area (Å²) in [5.74, 6) is -0.750. The van der Waals surface area contributed by atoms with Gasteiger partial charge in [-0.25, -0.2) is 9.69 Å². The summed E-state index contributed by atoms with van der Waals surface area (Å²) >= 11 is 3.32. The van der Waals surface area contributed by atoms with Crippen LogP contribution in [0.1, 0.15) is 24.2 Å². The zero-order valence-electron chi connectivity index (χ0n) is 17.1. The highest BCUT2D eigenvalue weighted by atomic mass is 79.9. The second-order valence-electron chi connectivity index (χ2n) is 7.17. The van der Waals surface area contributed by atoms with Crippen LogP contribution >= 0.6 is 15.9 Å². The van der Waals surface area contributed by atoms with E-state index in [1.165, 1.54) is 6.08 Å². The molecule has 4 rings (SSSR count). The van der Waals surface area contributed by atoms with Crippen molar-refractivity contribution in [1.29, 1.82) is 0 Å². The van der Waals surface area contributed by atoms with E-state index >= 15 is 0 Å². The zero-order valence-corrected chi connectivity index (χ0v) is 18.7. The van der Waals surface area contributed by atoms with E-state index in [0.29, 0.717) is 17.0 Å². The van der Waals surface area contributed by atoms with E-state index in [1.54, 1.807) is 48.5 Å². The predicted octanol–water partition coefficient (Wildman–Crippen LogP) is 5.26. The molecule has 7 heteroatoms. The summed E-state index contributed by atoms with van der Waals surface area (Å²) < 4.78 is 6.77. The molecular formula is C25H19BrN2O4. The van der Waals surface area contributed by atoms with Crippen molar-refractivity contribution in [3.05, 3.63) is 100 Å². The molecule has 0 spiro atoms. The summed E-state index contributed by atoms with van der Waals surface area (Å²) in [4.78, 5) is 38.5. The van der Waals surface area contributed by atoms with Crippen LogP contribution in [0, 0.1) is 0 Å². The third kappa shape index (κ3) is 4.63. The number of carbonyl (C=O) groups is 3. The quantitative estimate of drug-likeness (QED) is 0.391. The first-order valence-corrected chi connectivity index (χ1v) is 10.7. The van der Waals surface area contributed by atoms with Crippen LogP contribution in [-0.2, 0) is 9.59 Å². The Morgan fingerprint density at radius 2 is 1.56 bits per heavy atom. The van der Waals surface area contributed by atoms with Crippen molar-refractivity contribution in [2.45, 2.75) is 13.0 Å². The summed E-state index contributed by atoms with van der Waals surface area (Å²) in [6.07, 6.45) is 1.33. The SMILES string of the molecule is C[C@H](Oc1ccc(/C=C2/C(=O)NC(=O)N(c3ccc(Br)cc3)C2=O)cc1)c1ccccc1. The Labute approximate surface area is 193 Å². The Kier molecular flexibility index (Phi) is 6.18. The van der Waals surface area contributed by atoms with Gasteiger partial charge in [-0.2, -0.15) is 0 Å². The topological polar surface area (TPSA) is 75.7 Å². The van der Waals surface area contributed by atoms with E-state index in [9.17, 15) is 14.4 Å². The first kappa shape index (κ1) is 21.5. The third-order valence-corrected chi connectivity index (χ3v) is 5.49. The second-order valence-corrected chi connectivity index (χ2v) is 8.09. The molecule has 0 unspecified atom stereocenters. The average molecular weight is 491 g/mol. The normalized spacial score (nSPS) is 16.1. The number of hydrogen-bond donors (Lipinski definition) is 1. The fourth-order valence-electron chi connectivity index (χ4n) is 3.29. The lowest BCUT2D eigenvalue weighted by Gasteiger charge is -2.26. The van der Waals surface area contributed by atoms with Gasteiger partial charge in [0.05, 0.1) is 5.69 Å². The lowest BCUT2D eigenvalue weighted by molar-refractivity contribution is -0.122. The highest BCUT2D eigenvalue weighted by Gasteiger charge is 2.36. The highest BCUT2D eigenvalue weighted by Crippen LogP contribution is 2.25. The molecule has 0 aliphatic carbocycles. The molecule has 0 saturated carbocycles. The Balaban J connectivity index is 1.54. The number of benzene rings is 3. The van der Waals surface area contributed by atoms with E-state index in [-0.39, 0.29) is 11.7 Å². The molecule has 1 atom stereocenters. The number of rotatable bonds is 5. The average Bonchev–Trinajstić information content (AvgIpc) is 2.79. The number of amides is 4. The monoisotopic (exact) mass is 490 g/mol. The lowest BCUT2D eigenvalue weighted by Crippen LogP contribution is -2.54. The van der Waals surface area contributed by atoms with Gasteiger partial charge in [-0.3, -0.25) is 14.9 Å². The Bertz CT molecular complexity index is 1190. The zero-order chi connectivity index (χ0) is 22.7. The number of halogens is 1. The van der Waals surface area contributed by atoms with Gasteiger partial charge in [0.1, 0.15) is 17.4 Å². The van der Waals surface area contributed by atoms with Gasteiger partial charge < -0.3 is 4.74 Å². The van der Waals surface area contributed by atoms with Crippen molar-refractivity contribution in [3.8, 4) is 5.75 Å². The number of imide groups is 2. The number of carbonyl (C=O) groups excluding carboxylic acids is 3. The Morgan fingerprint density at radius 1 is 0.906 bits per heavy atom. The number of nitrogens with zero attached hydrogens (tertiary/aromatic N) is 1. The Morgan fingerprint density at radius 3 is 2.22 bits per heavy atom. The molecule has 1 heterocycles. The van der Waals surface area contributed by atoms with Crippen LogP contribution < -0.4 is 15.0 Å². The summed E-state index contributed by atoms with van der Waals surface area (Å²) in [7, 11) is 0. The van der Waals surface area contributed by atoms with Gasteiger partial charge in [-0.15, -0.1) is 0 Å². The first-order valence-electron chi connectivity index (χ1n) is 9.91.